The predicted molar refractivity (Wildman–Crippen MR) is 85.9 cm³/mol. The Bertz CT molecular complexity index is 539. The smallest absolute Gasteiger partial charge is 0.407 e. The summed E-state index contributed by atoms with van der Waals surface area (Å²) in [7, 11) is 0. The van der Waals surface area contributed by atoms with Crippen molar-refractivity contribution in [2.24, 2.45) is 11.1 Å². The molecule has 0 aliphatic heterocycles. The SMILES string of the molecule is CC(C)(C)[C@H]1c2ccccc2CC1N(CC(O)CN)C(=O)O. The van der Waals surface area contributed by atoms with Gasteiger partial charge in [0.2, 0.25) is 0 Å². The van der Waals surface area contributed by atoms with Gasteiger partial charge >= 0.3 is 6.09 Å². The van der Waals surface area contributed by atoms with Crippen LogP contribution in [0.3, 0.4) is 0 Å². The number of nitrogens with zero attached hydrogens (tertiary/aromatic N) is 1. The normalized spacial score (nSPS) is 22.2. The highest BCUT2D eigenvalue weighted by atomic mass is 16.4. The summed E-state index contributed by atoms with van der Waals surface area (Å²) < 4.78 is 0. The van der Waals surface area contributed by atoms with Crippen molar-refractivity contribution in [3.05, 3.63) is 35.4 Å². The maximum atomic E-state index is 11.7. The van der Waals surface area contributed by atoms with E-state index in [2.05, 4.69) is 32.9 Å². The molecule has 0 bridgehead atoms. The van der Waals surface area contributed by atoms with Crippen molar-refractivity contribution in [1.29, 1.82) is 0 Å². The standard InChI is InChI=1S/C17H26N2O3/c1-17(2,3)15-13-7-5-4-6-11(13)8-14(15)19(16(21)22)10-12(20)9-18/h4-7,12,14-15,20H,8-10,18H2,1-3H3,(H,21,22)/t12?,14?,15-/m0/s1. The Hall–Kier alpha value is -1.59. The highest BCUT2D eigenvalue weighted by Gasteiger charge is 2.44. The van der Waals surface area contributed by atoms with Crippen LogP contribution in [-0.2, 0) is 6.42 Å². The molecule has 1 aliphatic carbocycles. The van der Waals surface area contributed by atoms with Crippen LogP contribution in [0.25, 0.3) is 0 Å². The third-order valence-corrected chi connectivity index (χ3v) is 4.46. The highest BCUT2D eigenvalue weighted by Crippen LogP contribution is 2.46. The molecule has 1 aliphatic rings. The molecule has 0 fully saturated rings. The number of benzene rings is 1. The third-order valence-electron chi connectivity index (χ3n) is 4.46. The highest BCUT2D eigenvalue weighted by molar-refractivity contribution is 5.66. The zero-order valence-corrected chi connectivity index (χ0v) is 13.5. The monoisotopic (exact) mass is 306 g/mol. The number of rotatable bonds is 4. The largest absolute Gasteiger partial charge is 0.465 e. The lowest BCUT2D eigenvalue weighted by Crippen LogP contribution is -2.49. The second-order valence-electron chi connectivity index (χ2n) is 7.14. The summed E-state index contributed by atoms with van der Waals surface area (Å²) in [6, 6.07) is 7.97. The molecule has 4 N–H and O–H groups in total. The minimum Gasteiger partial charge on any atom is -0.465 e. The first-order chi connectivity index (χ1) is 10.3. The zero-order chi connectivity index (χ0) is 16.5. The molecule has 0 aromatic heterocycles. The molecule has 22 heavy (non-hydrogen) atoms. The van der Waals surface area contributed by atoms with Gasteiger partial charge in [-0.2, -0.15) is 0 Å². The van der Waals surface area contributed by atoms with Gasteiger partial charge < -0.3 is 20.8 Å². The Morgan fingerprint density at radius 3 is 2.59 bits per heavy atom. The van der Waals surface area contributed by atoms with Gasteiger partial charge in [0.1, 0.15) is 0 Å². The van der Waals surface area contributed by atoms with E-state index in [-0.39, 0.29) is 30.5 Å². The van der Waals surface area contributed by atoms with E-state index in [4.69, 9.17) is 5.73 Å². The lowest BCUT2D eigenvalue weighted by Gasteiger charge is -2.39. The summed E-state index contributed by atoms with van der Waals surface area (Å²) in [5.41, 5.74) is 7.79. The molecular formula is C17H26N2O3. The maximum Gasteiger partial charge on any atom is 0.407 e. The molecular weight excluding hydrogens is 280 g/mol. The molecule has 1 aromatic carbocycles. The summed E-state index contributed by atoms with van der Waals surface area (Å²) in [4.78, 5) is 13.1. The summed E-state index contributed by atoms with van der Waals surface area (Å²) in [5, 5.41) is 19.4. The van der Waals surface area contributed by atoms with E-state index in [1.165, 1.54) is 16.0 Å². The number of fused-ring (bicyclic) bond motifs is 1. The van der Waals surface area contributed by atoms with Crippen molar-refractivity contribution >= 4 is 6.09 Å². The van der Waals surface area contributed by atoms with Crippen LogP contribution in [0.5, 0.6) is 0 Å². The fourth-order valence-electron chi connectivity index (χ4n) is 3.56. The minimum atomic E-state index is -1.00. The van der Waals surface area contributed by atoms with Gasteiger partial charge in [-0.05, 0) is 23.0 Å². The first kappa shape index (κ1) is 16.8. The van der Waals surface area contributed by atoms with Crippen LogP contribution in [0.4, 0.5) is 4.79 Å². The topological polar surface area (TPSA) is 86.8 Å². The van der Waals surface area contributed by atoms with Gasteiger partial charge in [-0.1, -0.05) is 45.0 Å². The van der Waals surface area contributed by atoms with Crippen molar-refractivity contribution < 1.29 is 15.0 Å². The molecule has 5 nitrogen and oxygen atoms in total. The molecule has 1 amide bonds. The number of nitrogens with two attached hydrogens (primary N) is 1. The van der Waals surface area contributed by atoms with Crippen LogP contribution in [0.15, 0.2) is 24.3 Å². The van der Waals surface area contributed by atoms with E-state index in [0.717, 1.165) is 0 Å². The van der Waals surface area contributed by atoms with Gasteiger partial charge in [0.25, 0.3) is 0 Å². The van der Waals surface area contributed by atoms with Crippen LogP contribution in [0.1, 0.15) is 37.8 Å². The first-order valence-electron chi connectivity index (χ1n) is 7.71. The summed E-state index contributed by atoms with van der Waals surface area (Å²) in [6.45, 7) is 6.51. The number of hydrogen-bond donors (Lipinski definition) is 3. The van der Waals surface area contributed by atoms with Crippen molar-refractivity contribution in [3.63, 3.8) is 0 Å². The van der Waals surface area contributed by atoms with E-state index >= 15 is 0 Å². The van der Waals surface area contributed by atoms with Crippen molar-refractivity contribution in [3.8, 4) is 0 Å². The average molecular weight is 306 g/mol. The molecule has 122 valence electrons. The third kappa shape index (κ3) is 3.25. The number of aliphatic hydroxyl groups is 1. The van der Waals surface area contributed by atoms with Gasteiger partial charge in [0.05, 0.1) is 12.6 Å². The Morgan fingerprint density at radius 2 is 2.05 bits per heavy atom. The van der Waals surface area contributed by atoms with Gasteiger partial charge in [0.15, 0.2) is 0 Å². The summed E-state index contributed by atoms with van der Waals surface area (Å²) in [5.74, 6) is 0.102. The summed E-state index contributed by atoms with van der Waals surface area (Å²) in [6.07, 6.45) is -1.15. The molecule has 5 heteroatoms. The van der Waals surface area contributed by atoms with Crippen molar-refractivity contribution in [1.82, 2.24) is 4.90 Å². The van der Waals surface area contributed by atoms with Crippen LogP contribution >= 0.6 is 0 Å². The van der Waals surface area contributed by atoms with Gasteiger partial charge in [-0.25, -0.2) is 4.79 Å². The van der Waals surface area contributed by atoms with Gasteiger partial charge in [-0.15, -0.1) is 0 Å². The number of carbonyl (C=O) groups is 1. The predicted octanol–water partition coefficient (Wildman–Crippen LogP) is 2.04. The second-order valence-corrected chi connectivity index (χ2v) is 7.14. The second kappa shape index (κ2) is 6.26. The van der Waals surface area contributed by atoms with Gasteiger partial charge in [-0.3, -0.25) is 0 Å². The molecule has 0 saturated carbocycles. The van der Waals surface area contributed by atoms with Crippen LogP contribution in [0.2, 0.25) is 0 Å². The van der Waals surface area contributed by atoms with Crippen LogP contribution < -0.4 is 5.73 Å². The van der Waals surface area contributed by atoms with Crippen molar-refractivity contribution in [2.45, 2.75) is 45.3 Å². The lowest BCUT2D eigenvalue weighted by atomic mass is 9.75. The molecule has 1 aromatic rings. The average Bonchev–Trinajstić information content (AvgIpc) is 2.82. The van der Waals surface area contributed by atoms with Crippen LogP contribution in [0, 0.1) is 5.41 Å². The summed E-state index contributed by atoms with van der Waals surface area (Å²) >= 11 is 0. The number of aliphatic hydroxyl groups excluding tert-OH is 1. The van der Waals surface area contributed by atoms with E-state index in [1.807, 2.05) is 12.1 Å². The molecule has 2 rings (SSSR count). The Balaban J connectivity index is 2.38. The minimum absolute atomic E-state index is 0.0526. The van der Waals surface area contributed by atoms with E-state index in [1.54, 1.807) is 0 Å². The van der Waals surface area contributed by atoms with E-state index in [0.29, 0.717) is 6.42 Å². The maximum absolute atomic E-state index is 11.7. The fraction of sp³-hybridized carbons (Fsp3) is 0.588. The molecule has 2 unspecified atom stereocenters. The Labute approximate surface area is 131 Å². The van der Waals surface area contributed by atoms with E-state index in [9.17, 15) is 15.0 Å². The zero-order valence-electron chi connectivity index (χ0n) is 13.5. The van der Waals surface area contributed by atoms with Crippen LogP contribution in [-0.4, -0.2) is 46.4 Å². The lowest BCUT2D eigenvalue weighted by molar-refractivity contribution is 0.0632. The van der Waals surface area contributed by atoms with Gasteiger partial charge in [0, 0.05) is 18.5 Å². The fourth-order valence-corrected chi connectivity index (χ4v) is 3.56. The van der Waals surface area contributed by atoms with E-state index < -0.39 is 12.2 Å². The van der Waals surface area contributed by atoms with Crippen molar-refractivity contribution in [2.75, 3.05) is 13.1 Å². The molecule has 0 saturated heterocycles. The first-order valence-corrected chi connectivity index (χ1v) is 7.71. The molecule has 0 radical (unpaired) electrons. The number of amides is 1. The Kier molecular flexibility index (Phi) is 4.78. The molecule has 0 heterocycles. The molecule has 0 spiro atoms. The number of hydrogen-bond acceptors (Lipinski definition) is 3. The quantitative estimate of drug-likeness (QED) is 0.794. The Morgan fingerprint density at radius 1 is 1.41 bits per heavy atom. The molecule has 3 atom stereocenters. The number of carboxylic acid groups (broad SMARTS) is 1.